The number of amides is 1. The maximum absolute atomic E-state index is 13.8. The maximum atomic E-state index is 13.8. The molecule has 2 aromatic heterocycles. The third-order valence-corrected chi connectivity index (χ3v) is 5.68. The summed E-state index contributed by atoms with van der Waals surface area (Å²) < 4.78 is 22.3. The van der Waals surface area contributed by atoms with Crippen LogP contribution in [0.25, 0.3) is 10.2 Å². The number of rotatable bonds is 4. The van der Waals surface area contributed by atoms with Crippen LogP contribution in [-0.4, -0.2) is 44.8 Å². The van der Waals surface area contributed by atoms with Crippen molar-refractivity contribution in [1.82, 2.24) is 19.7 Å². The van der Waals surface area contributed by atoms with Crippen LogP contribution in [0.5, 0.6) is 5.19 Å². The third kappa shape index (κ3) is 3.53. The summed E-state index contributed by atoms with van der Waals surface area (Å²) in [5.74, 6) is -0.320. The molecule has 3 aromatic rings. The Labute approximate surface area is 160 Å². The van der Waals surface area contributed by atoms with Gasteiger partial charge in [-0.15, -0.1) is 0 Å². The fourth-order valence-corrected chi connectivity index (χ4v) is 4.28. The number of hydrogen-bond donors (Lipinski definition) is 0. The minimum Gasteiger partial charge on any atom is -0.467 e. The van der Waals surface area contributed by atoms with Crippen molar-refractivity contribution in [3.8, 4) is 5.19 Å². The van der Waals surface area contributed by atoms with Crippen molar-refractivity contribution < 1.29 is 13.9 Å². The number of ether oxygens (including phenoxy) is 1. The minimum absolute atomic E-state index is 0.0120. The van der Waals surface area contributed by atoms with E-state index in [2.05, 4.69) is 10.1 Å². The molecule has 0 atom stereocenters. The number of halogens is 1. The van der Waals surface area contributed by atoms with Crippen LogP contribution >= 0.6 is 11.3 Å². The van der Waals surface area contributed by atoms with Crippen molar-refractivity contribution in [2.45, 2.75) is 39.3 Å². The molecule has 4 rings (SSSR count). The molecule has 27 heavy (non-hydrogen) atoms. The second-order valence-corrected chi connectivity index (χ2v) is 7.66. The number of likely N-dealkylation sites (tertiary alicyclic amines) is 1. The molecule has 0 spiro atoms. The van der Waals surface area contributed by atoms with Gasteiger partial charge in [-0.1, -0.05) is 17.4 Å². The van der Waals surface area contributed by atoms with Crippen molar-refractivity contribution >= 4 is 27.5 Å². The molecular weight excluding hydrogens is 367 g/mol. The number of hydrogen-bond acceptors (Lipinski definition) is 5. The summed E-state index contributed by atoms with van der Waals surface area (Å²) in [6.45, 7) is 5.78. The van der Waals surface area contributed by atoms with Gasteiger partial charge in [-0.3, -0.25) is 9.48 Å². The molecule has 8 heteroatoms. The van der Waals surface area contributed by atoms with Crippen LogP contribution in [0.1, 0.15) is 35.9 Å². The first kappa shape index (κ1) is 17.9. The van der Waals surface area contributed by atoms with Crippen molar-refractivity contribution in [2.24, 2.45) is 0 Å². The lowest BCUT2D eigenvalue weighted by Crippen LogP contribution is -2.42. The first-order valence-electron chi connectivity index (χ1n) is 9.10. The Bertz CT molecular complexity index is 975. The van der Waals surface area contributed by atoms with E-state index in [0.717, 1.165) is 23.2 Å². The number of thiazole rings is 1. The van der Waals surface area contributed by atoms with E-state index >= 15 is 0 Å². The lowest BCUT2D eigenvalue weighted by molar-refractivity contribution is 0.0584. The molecule has 1 amide bonds. The molecule has 1 aromatic carbocycles. The molecule has 0 radical (unpaired) electrons. The average Bonchev–Trinajstić information content (AvgIpc) is 3.25. The van der Waals surface area contributed by atoms with E-state index in [4.69, 9.17) is 4.74 Å². The Hall–Kier alpha value is -2.48. The van der Waals surface area contributed by atoms with Gasteiger partial charge in [0.05, 0.1) is 10.4 Å². The Morgan fingerprint density at radius 3 is 2.85 bits per heavy atom. The van der Waals surface area contributed by atoms with E-state index in [1.165, 1.54) is 17.4 Å². The van der Waals surface area contributed by atoms with Gasteiger partial charge in [0.25, 0.3) is 11.1 Å². The first-order chi connectivity index (χ1) is 13.0. The molecule has 0 bridgehead atoms. The smallest absolute Gasteiger partial charge is 0.274 e. The zero-order valence-electron chi connectivity index (χ0n) is 15.3. The number of piperidine rings is 1. The molecule has 6 nitrogen and oxygen atoms in total. The predicted molar refractivity (Wildman–Crippen MR) is 102 cm³/mol. The fraction of sp³-hybridized carbons (Fsp3) is 0.421. The molecule has 1 aliphatic rings. The standard InChI is InChI=1S/C19H21FN4O2S/c1-3-24-15(11-12(2)22-24)18(25)23-9-7-13(8-10-23)26-19-21-17-14(20)5-4-6-16(17)27-19/h4-6,11,13H,3,7-10H2,1-2H3. The average molecular weight is 388 g/mol. The summed E-state index contributed by atoms with van der Waals surface area (Å²) in [5, 5.41) is 4.84. The van der Waals surface area contributed by atoms with Crippen LogP contribution in [0, 0.1) is 12.7 Å². The normalized spacial score (nSPS) is 15.4. The molecular formula is C19H21FN4O2S. The van der Waals surface area contributed by atoms with Crippen molar-refractivity contribution in [3.05, 3.63) is 41.5 Å². The number of fused-ring (bicyclic) bond motifs is 1. The Morgan fingerprint density at radius 2 is 2.15 bits per heavy atom. The molecule has 0 N–H and O–H groups in total. The fourth-order valence-electron chi connectivity index (χ4n) is 3.39. The highest BCUT2D eigenvalue weighted by molar-refractivity contribution is 7.20. The number of para-hydroxylation sites is 1. The van der Waals surface area contributed by atoms with Crippen LogP contribution in [0.4, 0.5) is 4.39 Å². The van der Waals surface area contributed by atoms with Gasteiger partial charge >= 0.3 is 0 Å². The number of nitrogens with zero attached hydrogens (tertiary/aromatic N) is 4. The quantitative estimate of drug-likeness (QED) is 0.685. The van der Waals surface area contributed by atoms with E-state index in [9.17, 15) is 9.18 Å². The van der Waals surface area contributed by atoms with Crippen molar-refractivity contribution in [3.63, 3.8) is 0 Å². The lowest BCUT2D eigenvalue weighted by atomic mass is 10.1. The van der Waals surface area contributed by atoms with Gasteiger partial charge in [0.1, 0.15) is 23.1 Å². The summed E-state index contributed by atoms with van der Waals surface area (Å²) in [5.41, 5.74) is 1.84. The molecule has 1 saturated heterocycles. The lowest BCUT2D eigenvalue weighted by Gasteiger charge is -2.31. The Morgan fingerprint density at radius 1 is 1.37 bits per heavy atom. The summed E-state index contributed by atoms with van der Waals surface area (Å²) in [6.07, 6.45) is 1.43. The SMILES string of the molecule is CCn1nc(C)cc1C(=O)N1CCC(Oc2nc3c(F)cccc3s2)CC1. The summed E-state index contributed by atoms with van der Waals surface area (Å²) in [6, 6.07) is 6.75. The summed E-state index contributed by atoms with van der Waals surface area (Å²) in [7, 11) is 0. The molecule has 142 valence electrons. The monoisotopic (exact) mass is 388 g/mol. The number of benzene rings is 1. The van der Waals surface area contributed by atoms with E-state index in [0.29, 0.717) is 36.0 Å². The second-order valence-electron chi connectivity index (χ2n) is 6.66. The van der Waals surface area contributed by atoms with Gasteiger partial charge in [0, 0.05) is 32.5 Å². The summed E-state index contributed by atoms with van der Waals surface area (Å²) >= 11 is 1.35. The van der Waals surface area contributed by atoms with Gasteiger partial charge in [-0.05, 0) is 32.0 Å². The molecule has 0 unspecified atom stereocenters. The number of carbonyl (C=O) groups excluding carboxylic acids is 1. The highest BCUT2D eigenvalue weighted by Gasteiger charge is 2.27. The third-order valence-electron chi connectivity index (χ3n) is 4.77. The number of aromatic nitrogens is 3. The topological polar surface area (TPSA) is 60.2 Å². The van der Waals surface area contributed by atoms with Crippen LogP contribution < -0.4 is 4.74 Å². The highest BCUT2D eigenvalue weighted by atomic mass is 32.1. The van der Waals surface area contributed by atoms with E-state index in [-0.39, 0.29) is 17.8 Å². The second kappa shape index (κ2) is 7.26. The van der Waals surface area contributed by atoms with E-state index in [1.807, 2.05) is 30.9 Å². The zero-order valence-corrected chi connectivity index (χ0v) is 16.1. The predicted octanol–water partition coefficient (Wildman–Crippen LogP) is 3.64. The largest absolute Gasteiger partial charge is 0.467 e. The van der Waals surface area contributed by atoms with Gasteiger partial charge in [0.2, 0.25) is 0 Å². The zero-order chi connectivity index (χ0) is 19.0. The molecule has 1 aliphatic heterocycles. The van der Waals surface area contributed by atoms with Gasteiger partial charge in [-0.2, -0.15) is 10.1 Å². The van der Waals surface area contributed by atoms with Gasteiger partial charge in [-0.25, -0.2) is 4.39 Å². The van der Waals surface area contributed by atoms with Gasteiger partial charge in [0.15, 0.2) is 0 Å². The Balaban J connectivity index is 1.39. The van der Waals surface area contributed by atoms with Crippen LogP contribution in [0.2, 0.25) is 0 Å². The van der Waals surface area contributed by atoms with Crippen LogP contribution in [0.15, 0.2) is 24.3 Å². The number of aryl methyl sites for hydroxylation is 2. The molecule has 1 fully saturated rings. The molecule has 0 aliphatic carbocycles. The van der Waals surface area contributed by atoms with E-state index in [1.54, 1.807) is 10.7 Å². The Kier molecular flexibility index (Phi) is 4.82. The minimum atomic E-state index is -0.332. The molecule has 3 heterocycles. The van der Waals surface area contributed by atoms with Crippen LogP contribution in [-0.2, 0) is 6.54 Å². The number of carbonyl (C=O) groups is 1. The first-order valence-corrected chi connectivity index (χ1v) is 9.92. The van der Waals surface area contributed by atoms with Gasteiger partial charge < -0.3 is 9.64 Å². The van der Waals surface area contributed by atoms with Crippen molar-refractivity contribution in [2.75, 3.05) is 13.1 Å². The van der Waals surface area contributed by atoms with Crippen molar-refractivity contribution in [1.29, 1.82) is 0 Å². The highest BCUT2D eigenvalue weighted by Crippen LogP contribution is 2.31. The maximum Gasteiger partial charge on any atom is 0.274 e. The summed E-state index contributed by atoms with van der Waals surface area (Å²) in [4.78, 5) is 18.9. The van der Waals surface area contributed by atoms with Crippen LogP contribution in [0.3, 0.4) is 0 Å². The van der Waals surface area contributed by atoms with E-state index < -0.39 is 0 Å². The molecule has 0 saturated carbocycles.